The van der Waals surface area contributed by atoms with Crippen LogP contribution < -0.4 is 5.32 Å². The lowest BCUT2D eigenvalue weighted by Gasteiger charge is -2.22. The van der Waals surface area contributed by atoms with Crippen molar-refractivity contribution in [1.82, 2.24) is 10.2 Å². The third kappa shape index (κ3) is 2.87. The number of fused-ring (bicyclic) bond motifs is 2. The summed E-state index contributed by atoms with van der Waals surface area (Å²) in [5.74, 6) is 2.19. The maximum atomic E-state index is 12.9. The second kappa shape index (κ2) is 6.98. The fraction of sp³-hybridized carbons (Fsp3) is 0.333. The van der Waals surface area contributed by atoms with Gasteiger partial charge in [0.25, 0.3) is 5.91 Å². The van der Waals surface area contributed by atoms with E-state index in [2.05, 4.69) is 18.2 Å². The number of rotatable bonds is 5. The van der Waals surface area contributed by atoms with Crippen LogP contribution in [-0.2, 0) is 4.79 Å². The van der Waals surface area contributed by atoms with Crippen LogP contribution in [0.3, 0.4) is 0 Å². The van der Waals surface area contributed by atoms with Gasteiger partial charge in [-0.05, 0) is 41.3 Å². The minimum absolute atomic E-state index is 0.120. The average molecular weight is 334 g/mol. The number of carbonyl (C=O) groups excluding carboxylic acids is 2. The van der Waals surface area contributed by atoms with Gasteiger partial charge in [0.2, 0.25) is 5.91 Å². The molecular formula is C21H22N2O2. The number of amides is 2. The molecule has 1 unspecified atom stereocenters. The quantitative estimate of drug-likeness (QED) is 0.674. The largest absolute Gasteiger partial charge is 0.354 e. The van der Waals surface area contributed by atoms with Crippen LogP contribution in [0.4, 0.5) is 0 Å². The van der Waals surface area contributed by atoms with Crippen molar-refractivity contribution in [1.29, 1.82) is 0 Å². The van der Waals surface area contributed by atoms with Crippen LogP contribution >= 0.6 is 0 Å². The van der Waals surface area contributed by atoms with E-state index >= 15 is 0 Å². The molecule has 0 aromatic heterocycles. The van der Waals surface area contributed by atoms with Gasteiger partial charge in [-0.3, -0.25) is 9.59 Å². The van der Waals surface area contributed by atoms with Crippen molar-refractivity contribution >= 4 is 22.6 Å². The summed E-state index contributed by atoms with van der Waals surface area (Å²) >= 11 is 0. The van der Waals surface area contributed by atoms with E-state index in [-0.39, 0.29) is 18.4 Å². The summed E-state index contributed by atoms with van der Waals surface area (Å²) in [6.07, 6.45) is 7.36. The molecule has 2 aromatic rings. The van der Waals surface area contributed by atoms with Gasteiger partial charge >= 0.3 is 0 Å². The smallest absolute Gasteiger partial charge is 0.256 e. The number of benzene rings is 2. The van der Waals surface area contributed by atoms with E-state index in [1.165, 1.54) is 4.90 Å². The van der Waals surface area contributed by atoms with Gasteiger partial charge in [-0.25, -0.2) is 0 Å². The lowest BCUT2D eigenvalue weighted by molar-refractivity contribution is -0.125. The molecule has 0 fully saturated rings. The highest BCUT2D eigenvalue weighted by Gasteiger charge is 2.41. The monoisotopic (exact) mass is 334 g/mol. The van der Waals surface area contributed by atoms with Crippen molar-refractivity contribution in [2.45, 2.75) is 32.7 Å². The first kappa shape index (κ1) is 17.0. The lowest BCUT2D eigenvalue weighted by Crippen LogP contribution is -2.39. The molecule has 1 heterocycles. The molecule has 3 rings (SSSR count). The lowest BCUT2D eigenvalue weighted by atomic mass is 9.93. The standard InChI is InChI=1S/C21H22N2O2/c1-4-6-11-22-20(24)19-17-13-15-9-7-8-10-16(15)14(3)18(17)21(25)23(19)12-5-2/h2,7-10,13,19H,4,6,11-12H2,1,3H3,(H,22,24). The Bertz CT molecular complexity index is 879. The topological polar surface area (TPSA) is 49.4 Å². The van der Waals surface area contributed by atoms with E-state index in [1.807, 2.05) is 37.3 Å². The molecule has 1 atom stereocenters. The SMILES string of the molecule is C#CCN1C(=O)c2c(cc3ccccc3c2C)C1C(=O)NCCCC. The van der Waals surface area contributed by atoms with Crippen LogP contribution in [-0.4, -0.2) is 29.8 Å². The van der Waals surface area contributed by atoms with Gasteiger partial charge in [0.05, 0.1) is 6.54 Å². The summed E-state index contributed by atoms with van der Waals surface area (Å²) in [6, 6.07) is 9.21. The number of unbranched alkanes of at least 4 members (excludes halogenated alkanes) is 1. The van der Waals surface area contributed by atoms with Gasteiger partial charge < -0.3 is 10.2 Å². The molecule has 2 aromatic carbocycles. The minimum Gasteiger partial charge on any atom is -0.354 e. The highest BCUT2D eigenvalue weighted by Crippen LogP contribution is 2.38. The van der Waals surface area contributed by atoms with Gasteiger partial charge in [-0.15, -0.1) is 6.42 Å². The van der Waals surface area contributed by atoms with Crippen molar-refractivity contribution in [3.05, 3.63) is 47.0 Å². The molecule has 0 saturated heterocycles. The Morgan fingerprint density at radius 1 is 1.36 bits per heavy atom. The van der Waals surface area contributed by atoms with Gasteiger partial charge in [0.1, 0.15) is 6.04 Å². The molecule has 4 nitrogen and oxygen atoms in total. The van der Waals surface area contributed by atoms with E-state index in [9.17, 15) is 9.59 Å². The number of nitrogens with one attached hydrogen (secondary N) is 1. The van der Waals surface area contributed by atoms with Gasteiger partial charge in [-0.2, -0.15) is 0 Å². The summed E-state index contributed by atoms with van der Waals surface area (Å²) in [6.45, 7) is 4.73. The van der Waals surface area contributed by atoms with Crippen molar-refractivity contribution in [2.75, 3.05) is 13.1 Å². The highest BCUT2D eigenvalue weighted by molar-refractivity contribution is 6.09. The van der Waals surface area contributed by atoms with Crippen LogP contribution in [0.2, 0.25) is 0 Å². The first-order valence-electron chi connectivity index (χ1n) is 8.64. The number of hydrogen-bond acceptors (Lipinski definition) is 2. The number of nitrogens with zero attached hydrogens (tertiary/aromatic N) is 1. The van der Waals surface area contributed by atoms with Crippen LogP contribution in [0, 0.1) is 19.3 Å². The first-order valence-corrected chi connectivity index (χ1v) is 8.64. The van der Waals surface area contributed by atoms with Crippen LogP contribution in [0.25, 0.3) is 10.8 Å². The van der Waals surface area contributed by atoms with E-state index in [0.717, 1.165) is 34.7 Å². The number of carbonyl (C=O) groups is 2. The van der Waals surface area contributed by atoms with Crippen molar-refractivity contribution in [3.63, 3.8) is 0 Å². The molecule has 0 saturated carbocycles. The summed E-state index contributed by atoms with van der Waals surface area (Å²) in [4.78, 5) is 27.2. The molecule has 0 aliphatic carbocycles. The minimum atomic E-state index is -0.654. The number of hydrogen-bond donors (Lipinski definition) is 1. The van der Waals surface area contributed by atoms with Crippen molar-refractivity contribution in [3.8, 4) is 12.3 Å². The molecule has 2 amide bonds. The predicted octanol–water partition coefficient (Wildman–Crippen LogP) is 3.19. The van der Waals surface area contributed by atoms with Crippen LogP contribution in [0.5, 0.6) is 0 Å². The van der Waals surface area contributed by atoms with E-state index in [4.69, 9.17) is 6.42 Å². The molecule has 0 spiro atoms. The summed E-state index contributed by atoms with van der Waals surface area (Å²) in [5.41, 5.74) is 2.28. The zero-order valence-corrected chi connectivity index (χ0v) is 14.6. The molecule has 1 aliphatic rings. The second-order valence-electron chi connectivity index (χ2n) is 6.37. The van der Waals surface area contributed by atoms with E-state index < -0.39 is 6.04 Å². The summed E-state index contributed by atoms with van der Waals surface area (Å²) in [5, 5.41) is 5.00. The third-order valence-corrected chi connectivity index (χ3v) is 4.76. The van der Waals surface area contributed by atoms with Crippen LogP contribution in [0.15, 0.2) is 30.3 Å². The molecule has 1 N–H and O–H groups in total. The maximum Gasteiger partial charge on any atom is 0.256 e. The third-order valence-electron chi connectivity index (χ3n) is 4.76. The van der Waals surface area contributed by atoms with Gasteiger partial charge in [0, 0.05) is 12.1 Å². The molecular weight excluding hydrogens is 312 g/mol. The van der Waals surface area contributed by atoms with Gasteiger partial charge in [-0.1, -0.05) is 43.5 Å². The molecule has 4 heteroatoms. The predicted molar refractivity (Wildman–Crippen MR) is 99.2 cm³/mol. The molecule has 1 aliphatic heterocycles. The van der Waals surface area contributed by atoms with Crippen LogP contribution in [0.1, 0.15) is 47.3 Å². The summed E-state index contributed by atoms with van der Waals surface area (Å²) < 4.78 is 0. The first-order chi connectivity index (χ1) is 12.1. The molecule has 0 bridgehead atoms. The normalized spacial score (nSPS) is 16.0. The van der Waals surface area contributed by atoms with E-state index in [0.29, 0.717) is 12.1 Å². The zero-order valence-electron chi connectivity index (χ0n) is 14.6. The van der Waals surface area contributed by atoms with Crippen molar-refractivity contribution in [2.24, 2.45) is 0 Å². The molecule has 25 heavy (non-hydrogen) atoms. The van der Waals surface area contributed by atoms with E-state index in [1.54, 1.807) is 0 Å². The fourth-order valence-corrected chi connectivity index (χ4v) is 3.51. The zero-order chi connectivity index (χ0) is 18.0. The average Bonchev–Trinajstić information content (AvgIpc) is 2.88. The van der Waals surface area contributed by atoms with Gasteiger partial charge in [0.15, 0.2) is 0 Å². The van der Waals surface area contributed by atoms with Crippen molar-refractivity contribution < 1.29 is 9.59 Å². The Balaban J connectivity index is 2.10. The highest BCUT2D eigenvalue weighted by atomic mass is 16.2. The Morgan fingerprint density at radius 2 is 2.12 bits per heavy atom. The second-order valence-corrected chi connectivity index (χ2v) is 6.37. The number of terminal acetylenes is 1. The molecule has 128 valence electrons. The Morgan fingerprint density at radius 3 is 2.84 bits per heavy atom. The fourth-order valence-electron chi connectivity index (χ4n) is 3.51. The Labute approximate surface area is 148 Å². The maximum absolute atomic E-state index is 12.9. The Hall–Kier alpha value is -2.80. The number of aryl methyl sites for hydroxylation is 1. The Kier molecular flexibility index (Phi) is 4.76. The molecule has 0 radical (unpaired) electrons. The summed E-state index contributed by atoms with van der Waals surface area (Å²) in [7, 11) is 0.